The van der Waals surface area contributed by atoms with Crippen LogP contribution < -0.4 is 5.73 Å². The number of likely N-dealkylation sites (N-methyl/N-ethyl adjacent to an activating group) is 1. The van der Waals surface area contributed by atoms with Crippen molar-refractivity contribution < 1.29 is 4.79 Å². The van der Waals surface area contributed by atoms with Gasteiger partial charge in [-0.15, -0.1) is 0 Å². The number of amides is 1. The summed E-state index contributed by atoms with van der Waals surface area (Å²) in [5.41, 5.74) is 5.50. The molecule has 0 aromatic rings. The van der Waals surface area contributed by atoms with Gasteiger partial charge < -0.3 is 15.5 Å². The highest BCUT2D eigenvalue weighted by Gasteiger charge is 2.26. The summed E-state index contributed by atoms with van der Waals surface area (Å²) in [6.45, 7) is 4.97. The van der Waals surface area contributed by atoms with Crippen molar-refractivity contribution in [3.8, 4) is 0 Å². The molecule has 0 aromatic carbocycles. The van der Waals surface area contributed by atoms with Gasteiger partial charge in [-0.25, -0.2) is 0 Å². The molecule has 1 saturated heterocycles. The molecule has 4 heteroatoms. The average Bonchev–Trinajstić information content (AvgIpc) is 2.53. The number of carbonyl (C=O) groups is 1. The molecule has 2 fully saturated rings. The highest BCUT2D eigenvalue weighted by atomic mass is 16.1. The van der Waals surface area contributed by atoms with E-state index in [-0.39, 0.29) is 11.8 Å². The molecule has 1 amide bonds. The third-order valence-corrected chi connectivity index (χ3v) is 4.45. The predicted molar refractivity (Wildman–Crippen MR) is 73.2 cm³/mol. The molecule has 4 nitrogen and oxygen atoms in total. The number of carbonyl (C=O) groups excluding carboxylic acids is 1. The standard InChI is InChI=1S/C14H27N3O/c1-16-7-8-17(11-13(10-16)14(15)18)9-12-5-3-2-4-6-12/h12-13H,2-11H2,1H3,(H2,15,18)/t13-/m0/s1. The predicted octanol–water partition coefficient (Wildman–Crippen LogP) is 0.916. The third-order valence-electron chi connectivity index (χ3n) is 4.45. The molecule has 0 spiro atoms. The van der Waals surface area contributed by atoms with Crippen LogP contribution in [-0.2, 0) is 4.79 Å². The van der Waals surface area contributed by atoms with Gasteiger partial charge in [0.1, 0.15) is 0 Å². The van der Waals surface area contributed by atoms with E-state index in [9.17, 15) is 4.79 Å². The van der Waals surface area contributed by atoms with E-state index in [0.717, 1.165) is 38.6 Å². The van der Waals surface area contributed by atoms with Crippen molar-refractivity contribution in [1.82, 2.24) is 9.80 Å². The second-order valence-electron chi connectivity index (χ2n) is 6.13. The lowest BCUT2D eigenvalue weighted by atomic mass is 9.89. The van der Waals surface area contributed by atoms with Crippen molar-refractivity contribution in [2.45, 2.75) is 32.1 Å². The summed E-state index contributed by atoms with van der Waals surface area (Å²) in [5.74, 6) is 0.703. The van der Waals surface area contributed by atoms with Crippen LogP contribution in [0, 0.1) is 11.8 Å². The Morgan fingerprint density at radius 2 is 1.89 bits per heavy atom. The number of nitrogens with two attached hydrogens (primary N) is 1. The van der Waals surface area contributed by atoms with Crippen LogP contribution in [0.3, 0.4) is 0 Å². The van der Waals surface area contributed by atoms with Crippen LogP contribution >= 0.6 is 0 Å². The Bertz CT molecular complexity index is 276. The monoisotopic (exact) mass is 253 g/mol. The molecule has 1 aliphatic heterocycles. The molecule has 18 heavy (non-hydrogen) atoms. The molecule has 2 aliphatic rings. The lowest BCUT2D eigenvalue weighted by Gasteiger charge is -2.29. The fraction of sp³-hybridized carbons (Fsp3) is 0.929. The Balaban J connectivity index is 1.88. The molecule has 1 aliphatic carbocycles. The molecule has 0 radical (unpaired) electrons. The Hall–Kier alpha value is -0.610. The normalized spacial score (nSPS) is 29.1. The molecular weight excluding hydrogens is 226 g/mol. The maximum absolute atomic E-state index is 11.5. The van der Waals surface area contributed by atoms with Gasteiger partial charge in [-0.1, -0.05) is 19.3 Å². The van der Waals surface area contributed by atoms with Crippen molar-refractivity contribution >= 4 is 5.91 Å². The first-order chi connectivity index (χ1) is 8.65. The van der Waals surface area contributed by atoms with Gasteiger partial charge in [0.05, 0.1) is 5.92 Å². The molecule has 0 bridgehead atoms. The molecule has 1 heterocycles. The fourth-order valence-electron chi connectivity index (χ4n) is 3.32. The quantitative estimate of drug-likeness (QED) is 0.813. The van der Waals surface area contributed by atoms with Crippen molar-refractivity contribution in [3.63, 3.8) is 0 Å². The van der Waals surface area contributed by atoms with E-state index in [0.29, 0.717) is 0 Å². The Morgan fingerprint density at radius 1 is 1.17 bits per heavy atom. The number of primary amides is 1. The molecule has 1 saturated carbocycles. The van der Waals surface area contributed by atoms with E-state index >= 15 is 0 Å². The molecule has 0 unspecified atom stereocenters. The third kappa shape index (κ3) is 3.95. The van der Waals surface area contributed by atoms with E-state index in [1.807, 2.05) is 0 Å². The van der Waals surface area contributed by atoms with Crippen LogP contribution in [0.4, 0.5) is 0 Å². The minimum Gasteiger partial charge on any atom is -0.369 e. The van der Waals surface area contributed by atoms with Crippen molar-refractivity contribution in [2.75, 3.05) is 39.8 Å². The van der Waals surface area contributed by atoms with E-state index < -0.39 is 0 Å². The van der Waals surface area contributed by atoms with Crippen molar-refractivity contribution in [3.05, 3.63) is 0 Å². The second kappa shape index (κ2) is 6.53. The zero-order valence-electron chi connectivity index (χ0n) is 11.6. The second-order valence-corrected chi connectivity index (χ2v) is 6.13. The summed E-state index contributed by atoms with van der Waals surface area (Å²) >= 11 is 0. The number of hydrogen-bond donors (Lipinski definition) is 1. The van der Waals surface area contributed by atoms with Crippen molar-refractivity contribution in [1.29, 1.82) is 0 Å². The summed E-state index contributed by atoms with van der Waals surface area (Å²) in [6, 6.07) is 0. The number of nitrogens with zero attached hydrogens (tertiary/aromatic N) is 2. The smallest absolute Gasteiger partial charge is 0.223 e. The molecular formula is C14H27N3O. The molecule has 104 valence electrons. The first kappa shape index (κ1) is 13.8. The minimum absolute atomic E-state index is 0.00101. The Kier molecular flexibility index (Phi) is 5.01. The molecule has 0 aromatic heterocycles. The van der Waals surface area contributed by atoms with Crippen LogP contribution in [0.2, 0.25) is 0 Å². The Morgan fingerprint density at radius 3 is 2.56 bits per heavy atom. The number of hydrogen-bond acceptors (Lipinski definition) is 3. The van der Waals surface area contributed by atoms with Crippen molar-refractivity contribution in [2.24, 2.45) is 17.6 Å². The summed E-state index contributed by atoms with van der Waals surface area (Å²) in [7, 11) is 2.08. The van der Waals surface area contributed by atoms with Crippen LogP contribution in [0.5, 0.6) is 0 Å². The van der Waals surface area contributed by atoms with Gasteiger partial charge in [-0.05, 0) is 25.8 Å². The maximum Gasteiger partial charge on any atom is 0.223 e. The summed E-state index contributed by atoms with van der Waals surface area (Å²) in [6.07, 6.45) is 6.92. The molecule has 2 rings (SSSR count). The highest BCUT2D eigenvalue weighted by Crippen LogP contribution is 2.25. The van der Waals surface area contributed by atoms with Crippen LogP contribution in [0.15, 0.2) is 0 Å². The topological polar surface area (TPSA) is 49.6 Å². The van der Waals surface area contributed by atoms with Gasteiger partial charge >= 0.3 is 0 Å². The lowest BCUT2D eigenvalue weighted by Crippen LogP contribution is -2.39. The van der Waals surface area contributed by atoms with Crippen LogP contribution in [0.25, 0.3) is 0 Å². The zero-order chi connectivity index (χ0) is 13.0. The van der Waals surface area contributed by atoms with Crippen LogP contribution in [-0.4, -0.2) is 55.5 Å². The lowest BCUT2D eigenvalue weighted by molar-refractivity contribution is -0.122. The summed E-state index contributed by atoms with van der Waals surface area (Å²) < 4.78 is 0. The molecule has 2 N–H and O–H groups in total. The Labute approximate surface area is 110 Å². The van der Waals surface area contributed by atoms with Gasteiger partial charge in [0.25, 0.3) is 0 Å². The van der Waals surface area contributed by atoms with E-state index in [1.54, 1.807) is 0 Å². The maximum atomic E-state index is 11.5. The summed E-state index contributed by atoms with van der Waals surface area (Å²) in [5, 5.41) is 0. The van der Waals surface area contributed by atoms with E-state index in [2.05, 4.69) is 16.8 Å². The summed E-state index contributed by atoms with van der Waals surface area (Å²) in [4.78, 5) is 16.2. The first-order valence-corrected chi connectivity index (χ1v) is 7.35. The first-order valence-electron chi connectivity index (χ1n) is 7.35. The van der Waals surface area contributed by atoms with Gasteiger partial charge in [-0.3, -0.25) is 4.79 Å². The van der Waals surface area contributed by atoms with Gasteiger partial charge in [0.2, 0.25) is 5.91 Å². The van der Waals surface area contributed by atoms with Gasteiger partial charge in [0, 0.05) is 32.7 Å². The highest BCUT2D eigenvalue weighted by molar-refractivity contribution is 5.77. The van der Waals surface area contributed by atoms with Gasteiger partial charge in [-0.2, -0.15) is 0 Å². The average molecular weight is 253 g/mol. The largest absolute Gasteiger partial charge is 0.369 e. The molecule has 1 atom stereocenters. The number of rotatable bonds is 3. The van der Waals surface area contributed by atoms with E-state index in [4.69, 9.17) is 5.73 Å². The van der Waals surface area contributed by atoms with E-state index in [1.165, 1.54) is 32.1 Å². The SMILES string of the molecule is CN1CCN(CC2CCCCC2)C[C@@H](C(N)=O)C1. The minimum atomic E-state index is -0.141. The van der Waals surface area contributed by atoms with Crippen LogP contribution in [0.1, 0.15) is 32.1 Å². The van der Waals surface area contributed by atoms with Gasteiger partial charge in [0.15, 0.2) is 0 Å². The zero-order valence-corrected chi connectivity index (χ0v) is 11.6. The fourth-order valence-corrected chi connectivity index (χ4v) is 3.32.